The van der Waals surface area contributed by atoms with Crippen LogP contribution in [0.1, 0.15) is 45.4 Å². The highest BCUT2D eigenvalue weighted by Crippen LogP contribution is 2.03. The third-order valence-corrected chi connectivity index (χ3v) is 2.72. The fraction of sp³-hybridized carbons (Fsp3) is 0.750. The van der Waals surface area contributed by atoms with Crippen molar-refractivity contribution in [3.05, 3.63) is 18.2 Å². The molecule has 15 heavy (non-hydrogen) atoms. The van der Waals surface area contributed by atoms with Crippen LogP contribution in [-0.4, -0.2) is 4.57 Å². The minimum atomic E-state index is 0. The second-order valence-electron chi connectivity index (χ2n) is 3.98. The van der Waals surface area contributed by atoms with E-state index in [0.717, 1.165) is 0 Å². The first-order valence-corrected chi connectivity index (χ1v) is 5.83. The van der Waals surface area contributed by atoms with Crippen molar-refractivity contribution in [2.75, 3.05) is 0 Å². The summed E-state index contributed by atoms with van der Waals surface area (Å²) in [7, 11) is 2.15. The first-order valence-electron chi connectivity index (χ1n) is 5.83. The van der Waals surface area contributed by atoms with E-state index in [1.165, 1.54) is 44.5 Å². The van der Waals surface area contributed by atoms with Crippen molar-refractivity contribution in [2.45, 2.75) is 52.5 Å². The smallest absolute Gasteiger partial charge is 0.256 e. The van der Waals surface area contributed by atoms with Crippen LogP contribution < -0.4 is 17.0 Å². The van der Waals surface area contributed by atoms with E-state index in [1.807, 2.05) is 0 Å². The quantitative estimate of drug-likeness (QED) is 0.581. The molecule has 0 aliphatic heterocycles. The topological polar surface area (TPSA) is 8.81 Å². The molecule has 0 spiro atoms. The van der Waals surface area contributed by atoms with E-state index in [9.17, 15) is 0 Å². The Labute approximate surface area is 99.7 Å². The molecule has 0 unspecified atom stereocenters. The molecule has 1 rings (SSSR count). The SMILES string of the molecule is CCCCc1n(CCCC)cc[n+]1C.[Cl-]. The second-order valence-corrected chi connectivity index (χ2v) is 3.98. The van der Waals surface area contributed by atoms with Gasteiger partial charge in [-0.15, -0.1) is 0 Å². The van der Waals surface area contributed by atoms with E-state index in [-0.39, 0.29) is 12.4 Å². The van der Waals surface area contributed by atoms with Gasteiger partial charge in [0.15, 0.2) is 0 Å². The number of rotatable bonds is 6. The molecule has 88 valence electrons. The Morgan fingerprint density at radius 2 is 1.87 bits per heavy atom. The lowest BCUT2D eigenvalue weighted by molar-refractivity contribution is -0.678. The van der Waals surface area contributed by atoms with Gasteiger partial charge in [-0.3, -0.25) is 0 Å². The van der Waals surface area contributed by atoms with E-state index < -0.39 is 0 Å². The van der Waals surface area contributed by atoms with Gasteiger partial charge in [-0.05, 0) is 12.8 Å². The highest BCUT2D eigenvalue weighted by Gasteiger charge is 2.12. The lowest BCUT2D eigenvalue weighted by Crippen LogP contribution is -3.00. The van der Waals surface area contributed by atoms with Crippen LogP contribution in [-0.2, 0) is 20.0 Å². The summed E-state index contributed by atoms with van der Waals surface area (Å²) in [5, 5.41) is 0. The molecule has 0 fully saturated rings. The predicted octanol–water partition coefficient (Wildman–Crippen LogP) is -0.541. The summed E-state index contributed by atoms with van der Waals surface area (Å²) in [5.74, 6) is 1.47. The van der Waals surface area contributed by atoms with Crippen molar-refractivity contribution in [2.24, 2.45) is 7.05 Å². The Hall–Kier alpha value is -0.500. The molecule has 0 aliphatic carbocycles. The summed E-state index contributed by atoms with van der Waals surface area (Å²) in [6.07, 6.45) is 10.7. The molecular formula is C12H23ClN2. The normalized spacial score (nSPS) is 10.1. The third kappa shape index (κ3) is 4.25. The zero-order chi connectivity index (χ0) is 10.4. The minimum absolute atomic E-state index is 0. The Balaban J connectivity index is 0.00000196. The van der Waals surface area contributed by atoms with Gasteiger partial charge in [0.2, 0.25) is 0 Å². The molecule has 0 radical (unpaired) electrons. The molecule has 0 atom stereocenters. The summed E-state index contributed by atoms with van der Waals surface area (Å²) in [5.41, 5.74) is 0. The maximum atomic E-state index is 2.40. The van der Waals surface area contributed by atoms with Crippen molar-refractivity contribution in [3.63, 3.8) is 0 Å². The van der Waals surface area contributed by atoms with Crippen molar-refractivity contribution in [1.82, 2.24) is 4.57 Å². The third-order valence-electron chi connectivity index (χ3n) is 2.72. The molecule has 1 aromatic rings. The average molecular weight is 231 g/mol. The lowest BCUT2D eigenvalue weighted by Gasteiger charge is -2.01. The monoisotopic (exact) mass is 230 g/mol. The molecule has 0 aliphatic rings. The number of aryl methyl sites for hydroxylation is 2. The fourth-order valence-corrected chi connectivity index (χ4v) is 1.74. The minimum Gasteiger partial charge on any atom is -1.00 e. The van der Waals surface area contributed by atoms with Crippen LogP contribution in [0, 0.1) is 0 Å². The number of hydrogen-bond donors (Lipinski definition) is 0. The van der Waals surface area contributed by atoms with Crippen LogP contribution in [0.25, 0.3) is 0 Å². The zero-order valence-electron chi connectivity index (χ0n) is 10.2. The van der Waals surface area contributed by atoms with Crippen molar-refractivity contribution >= 4 is 0 Å². The number of nitrogens with zero attached hydrogens (tertiary/aromatic N) is 2. The highest BCUT2D eigenvalue weighted by atomic mass is 35.5. The molecular weight excluding hydrogens is 208 g/mol. The van der Waals surface area contributed by atoms with Crippen LogP contribution in [0.5, 0.6) is 0 Å². The van der Waals surface area contributed by atoms with Gasteiger partial charge in [0, 0.05) is 6.42 Å². The molecule has 0 aromatic carbocycles. The van der Waals surface area contributed by atoms with E-state index >= 15 is 0 Å². The predicted molar refractivity (Wildman–Crippen MR) is 59.1 cm³/mol. The van der Waals surface area contributed by atoms with E-state index in [1.54, 1.807) is 0 Å². The summed E-state index contributed by atoms with van der Waals surface area (Å²) < 4.78 is 4.66. The van der Waals surface area contributed by atoms with Gasteiger partial charge in [-0.1, -0.05) is 26.7 Å². The fourth-order valence-electron chi connectivity index (χ4n) is 1.74. The van der Waals surface area contributed by atoms with Gasteiger partial charge in [0.1, 0.15) is 12.4 Å². The van der Waals surface area contributed by atoms with Gasteiger partial charge in [-0.2, -0.15) is 0 Å². The van der Waals surface area contributed by atoms with Gasteiger partial charge >= 0.3 is 0 Å². The first-order chi connectivity index (χ1) is 6.79. The molecule has 1 aromatic heterocycles. The van der Waals surface area contributed by atoms with Gasteiger partial charge < -0.3 is 12.4 Å². The van der Waals surface area contributed by atoms with Gasteiger partial charge in [-0.25, -0.2) is 9.13 Å². The maximum absolute atomic E-state index is 2.40. The summed E-state index contributed by atoms with van der Waals surface area (Å²) in [6.45, 7) is 5.67. The van der Waals surface area contributed by atoms with Crippen LogP contribution in [0.2, 0.25) is 0 Å². The van der Waals surface area contributed by atoms with Crippen molar-refractivity contribution in [1.29, 1.82) is 0 Å². The molecule has 3 heteroatoms. The van der Waals surface area contributed by atoms with E-state index in [0.29, 0.717) is 0 Å². The van der Waals surface area contributed by atoms with Crippen LogP contribution in [0.15, 0.2) is 12.4 Å². The zero-order valence-corrected chi connectivity index (χ0v) is 10.9. The number of hydrogen-bond acceptors (Lipinski definition) is 0. The molecule has 1 heterocycles. The maximum Gasteiger partial charge on any atom is 0.256 e. The largest absolute Gasteiger partial charge is 1.00 e. The van der Waals surface area contributed by atoms with Gasteiger partial charge in [0.05, 0.1) is 13.6 Å². The van der Waals surface area contributed by atoms with E-state index in [2.05, 4.69) is 42.4 Å². The molecule has 0 saturated heterocycles. The van der Waals surface area contributed by atoms with Crippen molar-refractivity contribution < 1.29 is 17.0 Å². The first kappa shape index (κ1) is 14.5. The van der Waals surface area contributed by atoms with Crippen LogP contribution in [0.3, 0.4) is 0 Å². The Morgan fingerprint density at radius 3 is 2.47 bits per heavy atom. The summed E-state index contributed by atoms with van der Waals surface area (Å²) in [4.78, 5) is 0. The molecule has 0 N–H and O–H groups in total. The molecule has 0 bridgehead atoms. The Morgan fingerprint density at radius 1 is 1.20 bits per heavy atom. The summed E-state index contributed by atoms with van der Waals surface area (Å²) >= 11 is 0. The summed E-state index contributed by atoms with van der Waals surface area (Å²) in [6, 6.07) is 0. The molecule has 0 saturated carbocycles. The Kier molecular flexibility index (Phi) is 7.49. The molecule has 0 amide bonds. The number of halogens is 1. The van der Waals surface area contributed by atoms with E-state index in [4.69, 9.17) is 0 Å². The standard InChI is InChI=1S/C12H23N2.ClH/c1-4-6-8-12-13(3)10-11-14(12)9-7-5-2;/h10-11H,4-9H2,1-3H3;1H/q+1;/p-1. The number of aromatic nitrogens is 2. The number of unbranched alkanes of at least 4 members (excludes halogenated alkanes) is 2. The Bertz CT molecular complexity index is 269. The van der Waals surface area contributed by atoms with Crippen LogP contribution in [0.4, 0.5) is 0 Å². The van der Waals surface area contributed by atoms with Crippen LogP contribution >= 0.6 is 0 Å². The average Bonchev–Trinajstić information content (AvgIpc) is 2.53. The lowest BCUT2D eigenvalue weighted by atomic mass is 10.2. The highest BCUT2D eigenvalue weighted by molar-refractivity contribution is 4.83. The molecule has 2 nitrogen and oxygen atoms in total. The van der Waals surface area contributed by atoms with Crippen molar-refractivity contribution in [3.8, 4) is 0 Å². The van der Waals surface area contributed by atoms with Gasteiger partial charge in [0.25, 0.3) is 5.82 Å². The number of imidazole rings is 1. The second kappa shape index (κ2) is 7.75.